The molecule has 0 radical (unpaired) electrons. The zero-order valence-corrected chi connectivity index (χ0v) is 6.64. The van der Waals surface area contributed by atoms with Crippen molar-refractivity contribution in [2.75, 3.05) is 19.6 Å². The molecule has 0 unspecified atom stereocenters. The molecule has 0 amide bonds. The average molecular weight is 143 g/mol. The summed E-state index contributed by atoms with van der Waals surface area (Å²) in [6.07, 6.45) is 2.40. The topological polar surface area (TPSA) is 41.3 Å². The number of nitrogens with zero attached hydrogens (tertiary/aromatic N) is 1. The molecule has 0 spiro atoms. The van der Waals surface area contributed by atoms with Crippen molar-refractivity contribution in [3.63, 3.8) is 0 Å². The number of hydrogen-bond acceptors (Lipinski definition) is 3. The van der Waals surface area contributed by atoms with Gasteiger partial charge in [-0.1, -0.05) is 6.92 Å². The van der Waals surface area contributed by atoms with Gasteiger partial charge in [0.25, 0.3) is 0 Å². The summed E-state index contributed by atoms with van der Waals surface area (Å²) in [6, 6.07) is 0.558. The van der Waals surface area contributed by atoms with E-state index in [0.717, 1.165) is 0 Å². The van der Waals surface area contributed by atoms with Gasteiger partial charge < -0.3 is 4.90 Å². The van der Waals surface area contributed by atoms with Crippen LogP contribution in [-0.2, 0) is 0 Å². The van der Waals surface area contributed by atoms with E-state index in [1.807, 2.05) is 0 Å². The third kappa shape index (κ3) is 1.94. The van der Waals surface area contributed by atoms with Crippen molar-refractivity contribution in [1.29, 1.82) is 0 Å². The molecular formula is C7H17N3. The molecule has 1 rings (SSSR count). The largest absolute Gasteiger partial charge is 0.303 e. The van der Waals surface area contributed by atoms with Crippen molar-refractivity contribution in [3.8, 4) is 0 Å². The minimum Gasteiger partial charge on any atom is -0.303 e. The number of piperidine rings is 1. The molecule has 3 nitrogen and oxygen atoms in total. The van der Waals surface area contributed by atoms with E-state index >= 15 is 0 Å². The summed E-state index contributed by atoms with van der Waals surface area (Å²) in [6.45, 7) is 5.78. The van der Waals surface area contributed by atoms with Crippen LogP contribution in [0.5, 0.6) is 0 Å². The van der Waals surface area contributed by atoms with E-state index in [-0.39, 0.29) is 0 Å². The van der Waals surface area contributed by atoms with Gasteiger partial charge in [0.05, 0.1) is 0 Å². The Balaban J connectivity index is 2.17. The molecule has 0 aromatic rings. The fraction of sp³-hybridized carbons (Fsp3) is 1.00. The molecule has 1 aliphatic rings. The maximum Gasteiger partial charge on any atom is 0.0234 e. The Morgan fingerprint density at radius 3 is 2.50 bits per heavy atom. The van der Waals surface area contributed by atoms with E-state index in [9.17, 15) is 0 Å². The Kier molecular flexibility index (Phi) is 3.12. The third-order valence-corrected chi connectivity index (χ3v) is 2.27. The minimum absolute atomic E-state index is 0.558. The lowest BCUT2D eigenvalue weighted by Gasteiger charge is -2.30. The molecule has 1 fully saturated rings. The first-order valence-electron chi connectivity index (χ1n) is 4.05. The number of nitrogens with one attached hydrogen (secondary N) is 1. The van der Waals surface area contributed by atoms with E-state index in [4.69, 9.17) is 5.84 Å². The predicted molar refractivity (Wildman–Crippen MR) is 42.5 cm³/mol. The van der Waals surface area contributed by atoms with Gasteiger partial charge in [-0.2, -0.15) is 0 Å². The molecule has 60 valence electrons. The summed E-state index contributed by atoms with van der Waals surface area (Å²) in [5.74, 6) is 5.32. The number of hydrazine groups is 1. The third-order valence-electron chi connectivity index (χ3n) is 2.27. The van der Waals surface area contributed by atoms with Gasteiger partial charge in [0, 0.05) is 6.04 Å². The average Bonchev–Trinajstić information content (AvgIpc) is 2.05. The Morgan fingerprint density at radius 1 is 1.50 bits per heavy atom. The molecular weight excluding hydrogens is 126 g/mol. The molecule has 10 heavy (non-hydrogen) atoms. The highest BCUT2D eigenvalue weighted by molar-refractivity contribution is 4.74. The standard InChI is InChI=1S/C7H17N3/c1-2-10-5-3-7(9-8)4-6-10/h7,9H,2-6,8H2,1H3. The lowest BCUT2D eigenvalue weighted by atomic mass is 10.1. The summed E-state index contributed by atoms with van der Waals surface area (Å²) < 4.78 is 0. The van der Waals surface area contributed by atoms with Crippen LogP contribution < -0.4 is 11.3 Å². The molecule has 1 saturated heterocycles. The SMILES string of the molecule is CCN1CCC(NN)CC1. The van der Waals surface area contributed by atoms with Crippen LogP contribution in [0.25, 0.3) is 0 Å². The maximum atomic E-state index is 5.32. The van der Waals surface area contributed by atoms with Crippen LogP contribution in [0.2, 0.25) is 0 Å². The number of nitrogens with two attached hydrogens (primary N) is 1. The number of rotatable bonds is 2. The number of hydrogen-bond donors (Lipinski definition) is 2. The Hall–Kier alpha value is -0.120. The second-order valence-corrected chi connectivity index (χ2v) is 2.88. The zero-order chi connectivity index (χ0) is 7.40. The molecule has 0 aliphatic carbocycles. The molecule has 0 aromatic carbocycles. The first kappa shape index (κ1) is 7.98. The van der Waals surface area contributed by atoms with E-state index in [0.29, 0.717) is 6.04 Å². The van der Waals surface area contributed by atoms with Crippen molar-refractivity contribution >= 4 is 0 Å². The van der Waals surface area contributed by atoms with E-state index in [1.165, 1.54) is 32.5 Å². The fourth-order valence-corrected chi connectivity index (χ4v) is 1.42. The van der Waals surface area contributed by atoms with Gasteiger partial charge in [-0.05, 0) is 32.5 Å². The second-order valence-electron chi connectivity index (χ2n) is 2.88. The van der Waals surface area contributed by atoms with Crippen LogP contribution in [0.1, 0.15) is 19.8 Å². The highest BCUT2D eigenvalue weighted by Gasteiger charge is 2.15. The Bertz CT molecular complexity index is 74.9. The lowest BCUT2D eigenvalue weighted by molar-refractivity contribution is 0.207. The second kappa shape index (κ2) is 3.91. The maximum absolute atomic E-state index is 5.32. The molecule has 1 heterocycles. The van der Waals surface area contributed by atoms with Crippen LogP contribution in [0, 0.1) is 0 Å². The van der Waals surface area contributed by atoms with E-state index in [2.05, 4.69) is 17.2 Å². The van der Waals surface area contributed by atoms with Crippen LogP contribution in [0.15, 0.2) is 0 Å². The van der Waals surface area contributed by atoms with Crippen molar-refractivity contribution in [2.45, 2.75) is 25.8 Å². The monoisotopic (exact) mass is 143 g/mol. The first-order chi connectivity index (χ1) is 4.86. The van der Waals surface area contributed by atoms with Crippen molar-refractivity contribution in [3.05, 3.63) is 0 Å². The van der Waals surface area contributed by atoms with Gasteiger partial charge in [-0.15, -0.1) is 0 Å². The summed E-state index contributed by atoms with van der Waals surface area (Å²) in [5.41, 5.74) is 2.82. The van der Waals surface area contributed by atoms with Gasteiger partial charge in [-0.3, -0.25) is 11.3 Å². The van der Waals surface area contributed by atoms with E-state index in [1.54, 1.807) is 0 Å². The van der Waals surface area contributed by atoms with Gasteiger partial charge in [0.15, 0.2) is 0 Å². The van der Waals surface area contributed by atoms with E-state index < -0.39 is 0 Å². The normalized spacial score (nSPS) is 23.4. The smallest absolute Gasteiger partial charge is 0.0234 e. The summed E-state index contributed by atoms with van der Waals surface area (Å²) >= 11 is 0. The minimum atomic E-state index is 0.558. The van der Waals surface area contributed by atoms with Crippen LogP contribution in [0.3, 0.4) is 0 Å². The lowest BCUT2D eigenvalue weighted by Crippen LogP contribution is -2.44. The Morgan fingerprint density at radius 2 is 2.10 bits per heavy atom. The molecule has 0 saturated carbocycles. The molecule has 3 heteroatoms. The first-order valence-corrected chi connectivity index (χ1v) is 4.05. The van der Waals surface area contributed by atoms with Gasteiger partial charge in [0.2, 0.25) is 0 Å². The van der Waals surface area contributed by atoms with Gasteiger partial charge in [0.1, 0.15) is 0 Å². The quantitative estimate of drug-likeness (QED) is 0.420. The van der Waals surface area contributed by atoms with Crippen molar-refractivity contribution in [2.24, 2.45) is 5.84 Å². The van der Waals surface area contributed by atoms with Crippen LogP contribution >= 0.6 is 0 Å². The summed E-state index contributed by atoms with van der Waals surface area (Å²) in [5, 5.41) is 0. The molecule has 0 aromatic heterocycles. The van der Waals surface area contributed by atoms with Gasteiger partial charge in [-0.25, -0.2) is 0 Å². The molecule has 1 aliphatic heterocycles. The highest BCUT2D eigenvalue weighted by atomic mass is 15.2. The van der Waals surface area contributed by atoms with Crippen molar-refractivity contribution < 1.29 is 0 Å². The molecule has 0 bridgehead atoms. The van der Waals surface area contributed by atoms with Gasteiger partial charge >= 0.3 is 0 Å². The summed E-state index contributed by atoms with van der Waals surface area (Å²) in [4.78, 5) is 2.45. The molecule has 0 atom stereocenters. The Labute approximate surface area is 62.5 Å². The highest BCUT2D eigenvalue weighted by Crippen LogP contribution is 2.07. The van der Waals surface area contributed by atoms with Crippen LogP contribution in [-0.4, -0.2) is 30.6 Å². The summed E-state index contributed by atoms with van der Waals surface area (Å²) in [7, 11) is 0. The fourth-order valence-electron chi connectivity index (χ4n) is 1.42. The molecule has 3 N–H and O–H groups in total. The number of likely N-dealkylation sites (tertiary alicyclic amines) is 1. The van der Waals surface area contributed by atoms with Crippen LogP contribution in [0.4, 0.5) is 0 Å². The van der Waals surface area contributed by atoms with Crippen molar-refractivity contribution in [1.82, 2.24) is 10.3 Å². The predicted octanol–water partition coefficient (Wildman–Crippen LogP) is -0.0660. The zero-order valence-electron chi connectivity index (χ0n) is 6.64.